The van der Waals surface area contributed by atoms with Crippen molar-refractivity contribution in [2.24, 2.45) is 7.05 Å². The van der Waals surface area contributed by atoms with Crippen LogP contribution in [0.15, 0.2) is 30.5 Å². The van der Waals surface area contributed by atoms with Crippen LogP contribution in [0.1, 0.15) is 22.9 Å². The molecule has 0 bridgehead atoms. The zero-order valence-corrected chi connectivity index (χ0v) is 9.46. The second-order valence-corrected chi connectivity index (χ2v) is 4.01. The van der Waals surface area contributed by atoms with E-state index in [1.54, 1.807) is 4.68 Å². The van der Waals surface area contributed by atoms with E-state index in [0.29, 0.717) is 6.42 Å². The Labute approximate surface area is 94.5 Å². The van der Waals surface area contributed by atoms with Crippen LogP contribution in [0.2, 0.25) is 0 Å². The summed E-state index contributed by atoms with van der Waals surface area (Å²) in [6.45, 7) is 2.03. The van der Waals surface area contributed by atoms with Crippen molar-refractivity contribution >= 4 is 0 Å². The van der Waals surface area contributed by atoms with Crippen LogP contribution >= 0.6 is 0 Å². The van der Waals surface area contributed by atoms with Crippen molar-refractivity contribution in [3.05, 3.63) is 47.3 Å². The smallest absolute Gasteiger partial charge is 0.0856 e. The summed E-state index contributed by atoms with van der Waals surface area (Å²) in [5.41, 5.74) is 2.90. The molecule has 0 saturated heterocycles. The van der Waals surface area contributed by atoms with Crippen molar-refractivity contribution in [2.75, 3.05) is 0 Å². The monoisotopic (exact) mass is 217 g/mol. The molecule has 1 heterocycles. The molecule has 0 aliphatic rings. The van der Waals surface area contributed by atoms with Crippen LogP contribution in [0.3, 0.4) is 0 Å². The number of aryl methyl sites for hydroxylation is 2. The molecule has 0 saturated carbocycles. The van der Waals surface area contributed by atoms with E-state index in [1.165, 1.54) is 5.56 Å². The van der Waals surface area contributed by atoms with Gasteiger partial charge in [0, 0.05) is 19.7 Å². The van der Waals surface area contributed by atoms with Crippen molar-refractivity contribution in [3.8, 4) is 0 Å². The quantitative estimate of drug-likeness (QED) is 0.845. The number of aliphatic hydroxyl groups is 1. The fourth-order valence-electron chi connectivity index (χ4n) is 1.59. The largest absolute Gasteiger partial charge is 0.388 e. The molecule has 2 aromatic rings. The molecule has 0 amide bonds. The number of nitrogens with zero attached hydrogens (tertiary/aromatic N) is 3. The average Bonchev–Trinajstić information content (AvgIpc) is 2.65. The zero-order valence-electron chi connectivity index (χ0n) is 9.46. The summed E-state index contributed by atoms with van der Waals surface area (Å²) in [5.74, 6) is 0. The van der Waals surface area contributed by atoms with Crippen LogP contribution in [0.4, 0.5) is 0 Å². The maximum atomic E-state index is 10.00. The number of rotatable bonds is 3. The summed E-state index contributed by atoms with van der Waals surface area (Å²) in [7, 11) is 1.81. The molecular formula is C12H15N3O. The highest BCUT2D eigenvalue weighted by Crippen LogP contribution is 2.17. The van der Waals surface area contributed by atoms with Gasteiger partial charge < -0.3 is 5.11 Å². The van der Waals surface area contributed by atoms with E-state index < -0.39 is 6.10 Å². The van der Waals surface area contributed by atoms with E-state index >= 15 is 0 Å². The summed E-state index contributed by atoms with van der Waals surface area (Å²) < 4.78 is 1.64. The number of benzene rings is 1. The molecule has 0 aliphatic carbocycles. The van der Waals surface area contributed by atoms with Gasteiger partial charge in [-0.1, -0.05) is 35.0 Å². The van der Waals surface area contributed by atoms with Gasteiger partial charge in [0.15, 0.2) is 0 Å². The van der Waals surface area contributed by atoms with Crippen LogP contribution in [-0.4, -0.2) is 20.1 Å². The number of aromatic nitrogens is 3. The Morgan fingerprint density at radius 2 is 2.00 bits per heavy atom. The minimum absolute atomic E-state index is 0.497. The average molecular weight is 217 g/mol. The number of aliphatic hydroxyl groups excluding tert-OH is 1. The van der Waals surface area contributed by atoms with Crippen LogP contribution in [0.25, 0.3) is 0 Å². The first-order valence-electron chi connectivity index (χ1n) is 5.25. The van der Waals surface area contributed by atoms with Gasteiger partial charge in [-0.15, -0.1) is 5.10 Å². The van der Waals surface area contributed by atoms with E-state index in [0.717, 1.165) is 11.3 Å². The van der Waals surface area contributed by atoms with Crippen molar-refractivity contribution < 1.29 is 5.11 Å². The molecule has 0 radical (unpaired) electrons. The molecule has 0 spiro atoms. The lowest BCUT2D eigenvalue weighted by Crippen LogP contribution is -2.02. The SMILES string of the molecule is Cc1ccc(C(O)Cc2cn(C)nn2)cc1. The summed E-state index contributed by atoms with van der Waals surface area (Å²) >= 11 is 0. The van der Waals surface area contributed by atoms with Gasteiger partial charge in [-0.3, -0.25) is 4.68 Å². The summed E-state index contributed by atoms with van der Waals surface area (Å²) in [5, 5.41) is 17.8. The molecule has 1 aromatic carbocycles. The molecule has 4 heteroatoms. The standard InChI is InChI=1S/C12H15N3O/c1-9-3-5-10(6-4-9)12(16)7-11-8-15(2)14-13-11/h3-6,8,12,16H,7H2,1-2H3. The van der Waals surface area contributed by atoms with Crippen molar-refractivity contribution in [1.29, 1.82) is 0 Å². The second-order valence-electron chi connectivity index (χ2n) is 4.01. The first kappa shape index (κ1) is 10.8. The molecule has 1 aromatic heterocycles. The Bertz CT molecular complexity index is 461. The Kier molecular flexibility index (Phi) is 3.01. The zero-order chi connectivity index (χ0) is 11.5. The minimum Gasteiger partial charge on any atom is -0.388 e. The molecule has 4 nitrogen and oxygen atoms in total. The van der Waals surface area contributed by atoms with E-state index in [2.05, 4.69) is 10.3 Å². The second kappa shape index (κ2) is 4.45. The Balaban J connectivity index is 2.08. The number of hydrogen-bond acceptors (Lipinski definition) is 3. The third kappa shape index (κ3) is 2.46. The number of hydrogen-bond donors (Lipinski definition) is 1. The highest BCUT2D eigenvalue weighted by Gasteiger charge is 2.10. The molecule has 1 N–H and O–H groups in total. The van der Waals surface area contributed by atoms with Crippen LogP contribution in [0.5, 0.6) is 0 Å². The summed E-state index contributed by atoms with van der Waals surface area (Å²) in [6.07, 6.45) is 1.80. The van der Waals surface area contributed by atoms with E-state index in [-0.39, 0.29) is 0 Å². The highest BCUT2D eigenvalue weighted by atomic mass is 16.3. The Morgan fingerprint density at radius 1 is 1.31 bits per heavy atom. The first-order chi connectivity index (χ1) is 7.65. The molecule has 0 fully saturated rings. The van der Waals surface area contributed by atoms with Gasteiger partial charge in [-0.2, -0.15) is 0 Å². The van der Waals surface area contributed by atoms with E-state index in [4.69, 9.17) is 0 Å². The van der Waals surface area contributed by atoms with Crippen LogP contribution < -0.4 is 0 Å². The van der Waals surface area contributed by atoms with E-state index in [1.807, 2.05) is 44.4 Å². The predicted octanol–water partition coefficient (Wildman–Crippen LogP) is 1.40. The fourth-order valence-corrected chi connectivity index (χ4v) is 1.59. The lowest BCUT2D eigenvalue weighted by atomic mass is 10.0. The lowest BCUT2D eigenvalue weighted by molar-refractivity contribution is 0.177. The third-order valence-electron chi connectivity index (χ3n) is 2.51. The summed E-state index contributed by atoms with van der Waals surface area (Å²) in [4.78, 5) is 0. The normalized spacial score (nSPS) is 12.7. The van der Waals surface area contributed by atoms with Crippen LogP contribution in [0, 0.1) is 6.92 Å². The third-order valence-corrected chi connectivity index (χ3v) is 2.51. The summed E-state index contributed by atoms with van der Waals surface area (Å²) in [6, 6.07) is 7.87. The molecule has 1 unspecified atom stereocenters. The van der Waals surface area contributed by atoms with Gasteiger partial charge >= 0.3 is 0 Å². The minimum atomic E-state index is -0.516. The molecule has 16 heavy (non-hydrogen) atoms. The lowest BCUT2D eigenvalue weighted by Gasteiger charge is -2.08. The van der Waals surface area contributed by atoms with Crippen molar-refractivity contribution in [1.82, 2.24) is 15.0 Å². The molecule has 84 valence electrons. The fraction of sp³-hybridized carbons (Fsp3) is 0.333. The highest BCUT2D eigenvalue weighted by molar-refractivity contribution is 5.23. The predicted molar refractivity (Wildman–Crippen MR) is 60.8 cm³/mol. The van der Waals surface area contributed by atoms with Crippen molar-refractivity contribution in [2.45, 2.75) is 19.4 Å². The van der Waals surface area contributed by atoms with Crippen molar-refractivity contribution in [3.63, 3.8) is 0 Å². The molecular weight excluding hydrogens is 202 g/mol. The van der Waals surface area contributed by atoms with Gasteiger partial charge in [0.25, 0.3) is 0 Å². The van der Waals surface area contributed by atoms with Gasteiger partial charge in [0.2, 0.25) is 0 Å². The molecule has 1 atom stereocenters. The van der Waals surface area contributed by atoms with Gasteiger partial charge in [0.05, 0.1) is 11.8 Å². The topological polar surface area (TPSA) is 50.9 Å². The Morgan fingerprint density at radius 3 is 2.56 bits per heavy atom. The van der Waals surface area contributed by atoms with Gasteiger partial charge in [-0.05, 0) is 12.5 Å². The Hall–Kier alpha value is -1.68. The van der Waals surface area contributed by atoms with Gasteiger partial charge in [-0.25, -0.2) is 0 Å². The maximum absolute atomic E-state index is 10.00. The first-order valence-corrected chi connectivity index (χ1v) is 5.25. The molecule has 2 rings (SSSR count). The molecule has 0 aliphatic heterocycles. The van der Waals surface area contributed by atoms with Gasteiger partial charge in [0.1, 0.15) is 0 Å². The van der Waals surface area contributed by atoms with Crippen LogP contribution in [-0.2, 0) is 13.5 Å². The van der Waals surface area contributed by atoms with E-state index in [9.17, 15) is 5.11 Å². The maximum Gasteiger partial charge on any atom is 0.0856 e.